The molecule has 18 heavy (non-hydrogen) atoms. The van der Waals surface area contributed by atoms with E-state index in [-0.39, 0.29) is 6.97 Å². The van der Waals surface area contributed by atoms with Crippen LogP contribution in [-0.2, 0) is 4.74 Å². The summed E-state index contributed by atoms with van der Waals surface area (Å²) in [6.07, 6.45) is 6.56. The van der Waals surface area contributed by atoms with Gasteiger partial charge in [-0.15, -0.1) is 0 Å². The average Bonchev–Trinajstić information content (AvgIpc) is 2.96. The number of alkyl carbamates (subject to hydrolysis) is 1. The fourth-order valence-electron chi connectivity index (χ4n) is 1.64. The lowest BCUT2D eigenvalue weighted by molar-refractivity contribution is 0.0506. The van der Waals surface area contributed by atoms with Crippen LogP contribution in [-0.4, -0.2) is 23.4 Å². The number of nitrogens with zero attached hydrogens (tertiary/aromatic N) is 1. The van der Waals surface area contributed by atoms with Gasteiger partial charge in [-0.1, -0.05) is 12.7 Å². The maximum absolute atomic E-state index is 11.8. The van der Waals surface area contributed by atoms with Crippen molar-refractivity contribution in [2.45, 2.75) is 51.7 Å². The van der Waals surface area contributed by atoms with Crippen LogP contribution in [0.15, 0.2) is 29.4 Å². The number of amides is 1. The Bertz CT molecular complexity index is 391. The molecule has 0 aromatic heterocycles. The van der Waals surface area contributed by atoms with Crippen LogP contribution in [0.2, 0.25) is 0 Å². The number of aliphatic imine (C=N–C) groups is 1. The van der Waals surface area contributed by atoms with E-state index in [0.29, 0.717) is 0 Å². The number of carbonyl (C=O) groups excluding carboxylic acids is 1. The fraction of sp³-hybridized carbons (Fsp3) is 0.571. The standard InChI is InChI=1S/C14H22N2O2.H2/c1-6-11(10-15-7-2)14(8-9-14)16-12(17)18-13(3,4)5;/h6-7,10H,1,8-9H2,2-5H3,(H,16,17);1H/b11-10+,15-7?;. The molecule has 1 fully saturated rings. The number of rotatable bonds is 4. The van der Waals surface area contributed by atoms with E-state index < -0.39 is 11.7 Å². The number of hydrogen-bond donors (Lipinski definition) is 1. The molecule has 0 unspecified atom stereocenters. The highest BCUT2D eigenvalue weighted by Crippen LogP contribution is 2.42. The van der Waals surface area contributed by atoms with Crippen molar-refractivity contribution in [3.05, 3.63) is 24.4 Å². The second-order valence-electron chi connectivity index (χ2n) is 5.40. The maximum atomic E-state index is 11.8. The molecule has 1 N–H and O–H groups in total. The van der Waals surface area contributed by atoms with Crippen LogP contribution in [0.25, 0.3) is 0 Å². The van der Waals surface area contributed by atoms with Crippen molar-refractivity contribution < 1.29 is 11.0 Å². The van der Waals surface area contributed by atoms with Crippen molar-refractivity contribution in [3.8, 4) is 0 Å². The first-order valence-corrected chi connectivity index (χ1v) is 6.15. The molecule has 0 radical (unpaired) electrons. The van der Waals surface area contributed by atoms with E-state index in [4.69, 9.17) is 4.74 Å². The smallest absolute Gasteiger partial charge is 0.408 e. The zero-order chi connectivity index (χ0) is 13.8. The van der Waals surface area contributed by atoms with Crippen molar-refractivity contribution in [1.29, 1.82) is 0 Å². The second kappa shape index (κ2) is 5.38. The van der Waals surface area contributed by atoms with E-state index in [1.165, 1.54) is 0 Å². The van der Waals surface area contributed by atoms with Gasteiger partial charge in [0.25, 0.3) is 0 Å². The van der Waals surface area contributed by atoms with Crippen molar-refractivity contribution in [2.75, 3.05) is 0 Å². The minimum absolute atomic E-state index is 0. The van der Waals surface area contributed by atoms with E-state index in [9.17, 15) is 4.79 Å². The molecule has 4 heteroatoms. The van der Waals surface area contributed by atoms with Gasteiger partial charge in [-0.3, -0.25) is 4.99 Å². The summed E-state index contributed by atoms with van der Waals surface area (Å²) < 4.78 is 5.26. The molecule has 1 saturated carbocycles. The van der Waals surface area contributed by atoms with Gasteiger partial charge in [-0.05, 0) is 46.1 Å². The molecule has 0 heterocycles. The van der Waals surface area contributed by atoms with E-state index in [0.717, 1.165) is 18.4 Å². The van der Waals surface area contributed by atoms with E-state index in [1.807, 2.05) is 27.7 Å². The monoisotopic (exact) mass is 252 g/mol. The van der Waals surface area contributed by atoms with Crippen LogP contribution in [0, 0.1) is 0 Å². The van der Waals surface area contributed by atoms with E-state index in [1.54, 1.807) is 18.5 Å². The topological polar surface area (TPSA) is 50.7 Å². The molecule has 4 nitrogen and oxygen atoms in total. The summed E-state index contributed by atoms with van der Waals surface area (Å²) in [5.41, 5.74) is 0.0996. The quantitative estimate of drug-likeness (QED) is 0.615. The predicted octanol–water partition coefficient (Wildman–Crippen LogP) is 3.45. The zero-order valence-electron chi connectivity index (χ0n) is 11.6. The average molecular weight is 252 g/mol. The molecule has 0 atom stereocenters. The Morgan fingerprint density at radius 1 is 1.50 bits per heavy atom. The van der Waals surface area contributed by atoms with Gasteiger partial charge in [-0.2, -0.15) is 0 Å². The normalized spacial score (nSPS) is 18.6. The first-order valence-electron chi connectivity index (χ1n) is 6.15. The second-order valence-corrected chi connectivity index (χ2v) is 5.40. The summed E-state index contributed by atoms with van der Waals surface area (Å²) in [6.45, 7) is 11.1. The Morgan fingerprint density at radius 2 is 2.11 bits per heavy atom. The molecule has 0 bridgehead atoms. The summed E-state index contributed by atoms with van der Waals surface area (Å²) in [7, 11) is 0. The third kappa shape index (κ3) is 4.02. The third-order valence-corrected chi connectivity index (χ3v) is 2.63. The largest absolute Gasteiger partial charge is 0.444 e. The van der Waals surface area contributed by atoms with E-state index >= 15 is 0 Å². The van der Waals surface area contributed by atoms with Gasteiger partial charge in [-0.25, -0.2) is 4.79 Å². The summed E-state index contributed by atoms with van der Waals surface area (Å²) in [6, 6.07) is 0. The minimum atomic E-state index is -0.486. The Morgan fingerprint density at radius 3 is 2.50 bits per heavy atom. The van der Waals surface area contributed by atoms with Gasteiger partial charge in [0.2, 0.25) is 0 Å². The number of carbonyl (C=O) groups is 1. The number of hydrogen-bond acceptors (Lipinski definition) is 3. The number of nitrogens with one attached hydrogen (secondary N) is 1. The third-order valence-electron chi connectivity index (χ3n) is 2.63. The van der Waals surface area contributed by atoms with Crippen LogP contribution in [0.4, 0.5) is 4.79 Å². The maximum Gasteiger partial charge on any atom is 0.408 e. The molecule has 0 spiro atoms. The molecule has 0 aromatic carbocycles. The lowest BCUT2D eigenvalue weighted by atomic mass is 10.1. The van der Waals surface area contributed by atoms with Crippen LogP contribution >= 0.6 is 0 Å². The predicted molar refractivity (Wildman–Crippen MR) is 75.9 cm³/mol. The zero-order valence-corrected chi connectivity index (χ0v) is 11.6. The molecule has 0 aliphatic heterocycles. The van der Waals surface area contributed by atoms with Gasteiger partial charge in [0.1, 0.15) is 5.60 Å². The SMILES string of the molecule is C=C/C(=C\N=CC)C1(NC(=O)OC(C)(C)C)CC1.[HH]. The first-order chi connectivity index (χ1) is 8.33. The molecule has 1 rings (SSSR count). The molecule has 102 valence electrons. The van der Waals surface area contributed by atoms with Gasteiger partial charge in [0, 0.05) is 13.8 Å². The highest BCUT2D eigenvalue weighted by Gasteiger charge is 2.47. The molecular formula is C14H24N2O2. The Balaban J connectivity index is 0.00000324. The fourth-order valence-corrected chi connectivity index (χ4v) is 1.64. The lowest BCUT2D eigenvalue weighted by Crippen LogP contribution is -2.41. The first kappa shape index (κ1) is 14.5. The summed E-state index contributed by atoms with van der Waals surface area (Å²) in [5, 5.41) is 2.91. The molecule has 1 amide bonds. The van der Waals surface area contributed by atoms with Crippen LogP contribution in [0.3, 0.4) is 0 Å². The van der Waals surface area contributed by atoms with Gasteiger partial charge < -0.3 is 10.1 Å². The van der Waals surface area contributed by atoms with Crippen molar-refractivity contribution in [3.63, 3.8) is 0 Å². The van der Waals surface area contributed by atoms with Crippen molar-refractivity contribution in [1.82, 2.24) is 5.32 Å². The Kier molecular flexibility index (Phi) is 4.33. The molecule has 0 aromatic rings. The highest BCUT2D eigenvalue weighted by molar-refractivity contribution is 5.71. The summed E-state index contributed by atoms with van der Waals surface area (Å²) in [4.78, 5) is 15.9. The number of ether oxygens (including phenoxy) is 1. The van der Waals surface area contributed by atoms with Crippen molar-refractivity contribution >= 4 is 12.3 Å². The van der Waals surface area contributed by atoms with Crippen molar-refractivity contribution in [2.24, 2.45) is 4.99 Å². The van der Waals surface area contributed by atoms with Gasteiger partial charge >= 0.3 is 6.09 Å². The molecule has 0 saturated heterocycles. The van der Waals surface area contributed by atoms with Gasteiger partial charge in [0.15, 0.2) is 0 Å². The Hall–Kier alpha value is -1.58. The van der Waals surface area contributed by atoms with Crippen LogP contribution in [0.5, 0.6) is 0 Å². The van der Waals surface area contributed by atoms with Crippen LogP contribution in [0.1, 0.15) is 42.0 Å². The van der Waals surface area contributed by atoms with Crippen LogP contribution < -0.4 is 5.32 Å². The minimum Gasteiger partial charge on any atom is -0.444 e. The van der Waals surface area contributed by atoms with E-state index in [2.05, 4.69) is 16.9 Å². The summed E-state index contributed by atoms with van der Waals surface area (Å²) in [5.74, 6) is 0. The Labute approximate surface area is 110 Å². The highest BCUT2D eigenvalue weighted by atomic mass is 16.6. The summed E-state index contributed by atoms with van der Waals surface area (Å²) >= 11 is 0. The lowest BCUT2D eigenvalue weighted by Gasteiger charge is -2.23. The van der Waals surface area contributed by atoms with Gasteiger partial charge in [0.05, 0.1) is 5.54 Å². The molecular weight excluding hydrogens is 228 g/mol. The molecule has 1 aliphatic carbocycles. The molecule has 1 aliphatic rings.